The van der Waals surface area contributed by atoms with Crippen molar-refractivity contribution in [2.75, 3.05) is 11.4 Å². The highest BCUT2D eigenvalue weighted by atomic mass is 32.1. The van der Waals surface area contributed by atoms with Crippen molar-refractivity contribution in [2.24, 2.45) is 0 Å². The second-order valence-corrected chi connectivity index (χ2v) is 5.44. The molecule has 0 unspecified atom stereocenters. The Bertz CT molecular complexity index is 489. The summed E-state index contributed by atoms with van der Waals surface area (Å²) < 4.78 is 0. The van der Waals surface area contributed by atoms with Crippen LogP contribution < -0.4 is 4.90 Å². The van der Waals surface area contributed by atoms with Gasteiger partial charge in [0.25, 0.3) is 0 Å². The lowest BCUT2D eigenvalue weighted by Gasteiger charge is -2.19. The first kappa shape index (κ1) is 14.0. The first-order valence-electron chi connectivity index (χ1n) is 6.66. The molecule has 3 nitrogen and oxygen atoms in total. The van der Waals surface area contributed by atoms with Gasteiger partial charge in [-0.25, -0.2) is 4.98 Å². The molecule has 102 valence electrons. The molecular weight excluding hydrogens is 256 g/mol. The molecule has 0 radical (unpaired) electrons. The fourth-order valence-corrected chi connectivity index (χ4v) is 3.09. The summed E-state index contributed by atoms with van der Waals surface area (Å²) in [6.07, 6.45) is 0.870. The number of benzene rings is 1. The average Bonchev–Trinajstić information content (AvgIpc) is 2.89. The van der Waals surface area contributed by atoms with Crippen LogP contribution in [0.1, 0.15) is 30.0 Å². The van der Waals surface area contributed by atoms with E-state index in [9.17, 15) is 5.11 Å². The molecule has 0 aliphatic carbocycles. The van der Waals surface area contributed by atoms with E-state index in [4.69, 9.17) is 0 Å². The number of aromatic nitrogens is 1. The molecule has 0 atom stereocenters. The van der Waals surface area contributed by atoms with Crippen molar-refractivity contribution < 1.29 is 5.11 Å². The summed E-state index contributed by atoms with van der Waals surface area (Å²) in [6.45, 7) is 6.07. The van der Waals surface area contributed by atoms with Gasteiger partial charge < -0.3 is 10.0 Å². The predicted octanol–water partition coefficient (Wildman–Crippen LogP) is 3.22. The van der Waals surface area contributed by atoms with Crippen LogP contribution in [0.5, 0.6) is 0 Å². The zero-order valence-electron chi connectivity index (χ0n) is 11.5. The molecule has 0 amide bonds. The number of anilines is 1. The number of nitrogens with zero attached hydrogens (tertiary/aromatic N) is 2. The maximum atomic E-state index is 9.36. The summed E-state index contributed by atoms with van der Waals surface area (Å²) in [5.41, 5.74) is 2.30. The highest BCUT2D eigenvalue weighted by Gasteiger charge is 2.14. The monoisotopic (exact) mass is 276 g/mol. The van der Waals surface area contributed by atoms with E-state index in [-0.39, 0.29) is 6.61 Å². The number of hydrogen-bond acceptors (Lipinski definition) is 4. The molecule has 19 heavy (non-hydrogen) atoms. The van der Waals surface area contributed by atoms with Crippen LogP contribution in [0.15, 0.2) is 30.3 Å². The van der Waals surface area contributed by atoms with Gasteiger partial charge >= 0.3 is 0 Å². The molecule has 4 heteroatoms. The predicted molar refractivity (Wildman–Crippen MR) is 80.6 cm³/mol. The van der Waals surface area contributed by atoms with E-state index in [1.807, 2.05) is 6.07 Å². The van der Waals surface area contributed by atoms with Crippen LogP contribution in [-0.2, 0) is 19.6 Å². The summed E-state index contributed by atoms with van der Waals surface area (Å²) in [4.78, 5) is 7.89. The first-order chi connectivity index (χ1) is 9.28. The average molecular weight is 276 g/mol. The molecule has 0 bridgehead atoms. The Morgan fingerprint density at radius 1 is 1.21 bits per heavy atom. The van der Waals surface area contributed by atoms with Gasteiger partial charge in [-0.15, -0.1) is 0 Å². The molecule has 0 saturated carbocycles. The number of thiazole rings is 1. The lowest BCUT2D eigenvalue weighted by molar-refractivity contribution is 0.284. The van der Waals surface area contributed by atoms with Crippen molar-refractivity contribution in [1.29, 1.82) is 0 Å². The molecule has 2 aromatic rings. The number of aryl methyl sites for hydroxylation is 1. The maximum absolute atomic E-state index is 9.36. The number of aliphatic hydroxyl groups is 1. The highest BCUT2D eigenvalue weighted by molar-refractivity contribution is 7.15. The van der Waals surface area contributed by atoms with E-state index in [0.29, 0.717) is 0 Å². The summed E-state index contributed by atoms with van der Waals surface area (Å²) >= 11 is 1.60. The van der Waals surface area contributed by atoms with Gasteiger partial charge in [-0.05, 0) is 18.9 Å². The molecule has 1 heterocycles. The molecule has 0 fully saturated rings. The third-order valence-electron chi connectivity index (χ3n) is 3.11. The largest absolute Gasteiger partial charge is 0.391 e. The van der Waals surface area contributed by atoms with E-state index in [2.05, 4.69) is 48.0 Å². The van der Waals surface area contributed by atoms with Gasteiger partial charge in [0.1, 0.15) is 0 Å². The zero-order valence-corrected chi connectivity index (χ0v) is 12.3. The minimum absolute atomic E-state index is 0.0870. The third-order valence-corrected chi connectivity index (χ3v) is 4.26. The second kappa shape index (κ2) is 6.68. The van der Waals surface area contributed by atoms with Crippen molar-refractivity contribution in [1.82, 2.24) is 4.98 Å². The van der Waals surface area contributed by atoms with Crippen LogP contribution in [0.25, 0.3) is 0 Å². The molecule has 1 aromatic heterocycles. The van der Waals surface area contributed by atoms with Crippen LogP contribution in [0.2, 0.25) is 0 Å². The van der Waals surface area contributed by atoms with Crippen LogP contribution >= 0.6 is 11.3 Å². The Morgan fingerprint density at radius 3 is 2.47 bits per heavy atom. The van der Waals surface area contributed by atoms with Gasteiger partial charge in [-0.2, -0.15) is 0 Å². The van der Waals surface area contributed by atoms with E-state index in [1.165, 1.54) is 5.56 Å². The number of hydrogen-bond donors (Lipinski definition) is 1. The van der Waals surface area contributed by atoms with Crippen molar-refractivity contribution in [3.8, 4) is 0 Å². The summed E-state index contributed by atoms with van der Waals surface area (Å²) in [7, 11) is 0. The van der Waals surface area contributed by atoms with Crippen LogP contribution in [0, 0.1) is 0 Å². The summed E-state index contributed by atoms with van der Waals surface area (Å²) in [5, 5.41) is 10.4. The van der Waals surface area contributed by atoms with Crippen LogP contribution in [-0.4, -0.2) is 16.6 Å². The molecule has 0 saturated heterocycles. The Kier molecular flexibility index (Phi) is 4.93. The molecule has 0 aliphatic heterocycles. The Hall–Kier alpha value is -1.39. The molecule has 0 spiro atoms. The third kappa shape index (κ3) is 3.33. The topological polar surface area (TPSA) is 36.4 Å². The van der Waals surface area contributed by atoms with E-state index >= 15 is 0 Å². The van der Waals surface area contributed by atoms with Crippen LogP contribution in [0.3, 0.4) is 0 Å². The molecular formula is C15H20N2OS. The number of rotatable bonds is 6. The minimum Gasteiger partial charge on any atom is -0.391 e. The van der Waals surface area contributed by atoms with Crippen molar-refractivity contribution in [2.45, 2.75) is 33.4 Å². The van der Waals surface area contributed by atoms with Crippen molar-refractivity contribution in [3.63, 3.8) is 0 Å². The van der Waals surface area contributed by atoms with E-state index in [0.717, 1.165) is 35.2 Å². The van der Waals surface area contributed by atoms with Gasteiger partial charge in [0.05, 0.1) is 17.2 Å². The van der Waals surface area contributed by atoms with E-state index in [1.54, 1.807) is 11.3 Å². The standard InChI is InChI=1S/C15H20N2OS/c1-3-13-14(11-18)19-15(16-13)17(4-2)10-12-8-6-5-7-9-12/h5-9,18H,3-4,10-11H2,1-2H3. The molecule has 1 N–H and O–H groups in total. The van der Waals surface area contributed by atoms with Gasteiger partial charge in [0.2, 0.25) is 0 Å². The first-order valence-corrected chi connectivity index (χ1v) is 7.48. The second-order valence-electron chi connectivity index (χ2n) is 4.38. The van der Waals surface area contributed by atoms with Crippen molar-refractivity contribution in [3.05, 3.63) is 46.5 Å². The quantitative estimate of drug-likeness (QED) is 0.880. The Morgan fingerprint density at radius 2 is 1.95 bits per heavy atom. The zero-order chi connectivity index (χ0) is 13.7. The molecule has 2 rings (SSSR count). The lowest BCUT2D eigenvalue weighted by Crippen LogP contribution is -2.21. The SMILES string of the molecule is CCc1nc(N(CC)Cc2ccccc2)sc1CO. The Labute approximate surface area is 118 Å². The van der Waals surface area contributed by atoms with Gasteiger partial charge in [-0.1, -0.05) is 48.6 Å². The fraction of sp³-hybridized carbons (Fsp3) is 0.400. The summed E-state index contributed by atoms with van der Waals surface area (Å²) in [5.74, 6) is 0. The van der Waals surface area contributed by atoms with Gasteiger partial charge in [0, 0.05) is 13.1 Å². The Balaban J connectivity index is 2.19. The van der Waals surface area contributed by atoms with Gasteiger partial charge in [0.15, 0.2) is 5.13 Å². The summed E-state index contributed by atoms with van der Waals surface area (Å²) in [6, 6.07) is 10.4. The fourth-order valence-electron chi connectivity index (χ4n) is 2.02. The smallest absolute Gasteiger partial charge is 0.186 e. The minimum atomic E-state index is 0.0870. The van der Waals surface area contributed by atoms with E-state index < -0.39 is 0 Å². The molecule has 0 aliphatic rings. The maximum Gasteiger partial charge on any atom is 0.186 e. The normalized spacial score (nSPS) is 10.7. The number of aliphatic hydroxyl groups excluding tert-OH is 1. The van der Waals surface area contributed by atoms with Gasteiger partial charge in [-0.3, -0.25) is 0 Å². The molecule has 1 aromatic carbocycles. The lowest BCUT2D eigenvalue weighted by atomic mass is 10.2. The van der Waals surface area contributed by atoms with Crippen molar-refractivity contribution >= 4 is 16.5 Å². The highest BCUT2D eigenvalue weighted by Crippen LogP contribution is 2.27. The van der Waals surface area contributed by atoms with Crippen LogP contribution in [0.4, 0.5) is 5.13 Å².